The maximum absolute atomic E-state index is 13.9. The van der Waals surface area contributed by atoms with E-state index in [1.165, 1.54) is 48.5 Å². The van der Waals surface area contributed by atoms with Gasteiger partial charge in [0.05, 0.1) is 29.3 Å². The third-order valence-electron chi connectivity index (χ3n) is 6.45. The van der Waals surface area contributed by atoms with E-state index in [0.717, 1.165) is 10.1 Å². The molecular weight excluding hydrogens is 493 g/mol. The first-order valence-electron chi connectivity index (χ1n) is 11.9. The van der Waals surface area contributed by atoms with Gasteiger partial charge in [0, 0.05) is 17.2 Å². The second-order valence-corrected chi connectivity index (χ2v) is 8.71. The lowest BCUT2D eigenvalue weighted by Gasteiger charge is -2.27. The monoisotopic (exact) mass is 513 g/mol. The van der Waals surface area contributed by atoms with Gasteiger partial charge >= 0.3 is 11.7 Å². The number of carbonyl (C=O) groups excluding carboxylic acids is 1. The van der Waals surface area contributed by atoms with Crippen molar-refractivity contribution in [2.45, 2.75) is 18.9 Å². The van der Waals surface area contributed by atoms with Crippen LogP contribution in [0.25, 0.3) is 17.0 Å². The highest BCUT2D eigenvalue weighted by Crippen LogP contribution is 2.50. The maximum Gasteiger partial charge on any atom is 0.426 e. The Hall–Kier alpha value is -4.92. The van der Waals surface area contributed by atoms with Crippen LogP contribution in [0.1, 0.15) is 40.4 Å². The number of benzene rings is 3. The fourth-order valence-corrected chi connectivity index (χ4v) is 4.76. The number of aromatic nitrogens is 1. The summed E-state index contributed by atoms with van der Waals surface area (Å²) < 4.78 is 36.9. The van der Waals surface area contributed by atoms with Gasteiger partial charge in [0.1, 0.15) is 23.4 Å². The number of hydrogen-bond acceptors (Lipinski definition) is 7. The molecule has 0 radical (unpaired) electrons. The van der Waals surface area contributed by atoms with Gasteiger partial charge < -0.3 is 18.6 Å². The topological polar surface area (TPSA) is 97.0 Å². The van der Waals surface area contributed by atoms with E-state index >= 15 is 0 Å². The molecule has 1 aliphatic heterocycles. The molecule has 1 aromatic heterocycles. The van der Waals surface area contributed by atoms with E-state index < -0.39 is 35.1 Å². The van der Waals surface area contributed by atoms with Crippen molar-refractivity contribution in [3.63, 3.8) is 0 Å². The van der Waals surface area contributed by atoms with Gasteiger partial charge in [0.25, 0.3) is 11.5 Å². The predicted molar refractivity (Wildman–Crippen MR) is 134 cm³/mol. The second kappa shape index (κ2) is 9.19. The minimum Gasteiger partial charge on any atom is -0.462 e. The molecule has 0 bridgehead atoms. The lowest BCUT2D eigenvalue weighted by molar-refractivity contribution is 0.0526. The molecule has 0 amide bonds. The molecule has 1 aliphatic carbocycles. The Morgan fingerprint density at radius 2 is 1.74 bits per heavy atom. The van der Waals surface area contributed by atoms with E-state index in [1.54, 1.807) is 25.1 Å². The van der Waals surface area contributed by atoms with Crippen molar-refractivity contribution in [1.29, 1.82) is 0 Å². The lowest BCUT2D eigenvalue weighted by Crippen LogP contribution is -2.36. The van der Waals surface area contributed by atoms with Crippen LogP contribution in [0.5, 0.6) is 5.75 Å². The van der Waals surface area contributed by atoms with Crippen molar-refractivity contribution in [3.05, 3.63) is 128 Å². The summed E-state index contributed by atoms with van der Waals surface area (Å²) >= 11 is 0. The average Bonchev–Trinajstić information content (AvgIpc) is 3.34. The highest BCUT2D eigenvalue weighted by molar-refractivity contribution is 5.89. The number of esters is 1. The zero-order valence-corrected chi connectivity index (χ0v) is 20.1. The van der Waals surface area contributed by atoms with Crippen LogP contribution in [-0.2, 0) is 9.47 Å². The molecule has 190 valence electrons. The first-order valence-corrected chi connectivity index (χ1v) is 11.9. The van der Waals surface area contributed by atoms with E-state index in [4.69, 9.17) is 18.6 Å². The Morgan fingerprint density at radius 3 is 2.47 bits per heavy atom. The highest BCUT2D eigenvalue weighted by Gasteiger charge is 2.43. The van der Waals surface area contributed by atoms with Crippen LogP contribution < -0.4 is 16.1 Å². The van der Waals surface area contributed by atoms with Crippen LogP contribution in [0.15, 0.2) is 98.8 Å². The lowest BCUT2D eigenvalue weighted by atomic mass is 9.81. The van der Waals surface area contributed by atoms with Gasteiger partial charge in [-0.2, -0.15) is 0 Å². The van der Waals surface area contributed by atoms with Gasteiger partial charge in [-0.05, 0) is 55.5 Å². The molecule has 6 rings (SSSR count). The van der Waals surface area contributed by atoms with E-state index in [1.807, 2.05) is 12.1 Å². The van der Waals surface area contributed by atoms with Crippen LogP contribution >= 0.6 is 0 Å². The van der Waals surface area contributed by atoms with Crippen LogP contribution in [-0.4, -0.2) is 17.1 Å². The average molecular weight is 513 g/mol. The van der Waals surface area contributed by atoms with Crippen molar-refractivity contribution in [2.24, 2.45) is 0 Å². The van der Waals surface area contributed by atoms with Crippen molar-refractivity contribution < 1.29 is 27.8 Å². The molecule has 8 nitrogen and oxygen atoms in total. The fourth-order valence-electron chi connectivity index (χ4n) is 4.76. The maximum atomic E-state index is 13.9. The number of rotatable bonds is 5. The first kappa shape index (κ1) is 23.5. The first-order chi connectivity index (χ1) is 18.4. The normalized spacial score (nSPS) is 16.9. The number of halogens is 1. The Kier molecular flexibility index (Phi) is 5.68. The summed E-state index contributed by atoms with van der Waals surface area (Å²) in [6.07, 6.45) is 1.05. The summed E-state index contributed by atoms with van der Waals surface area (Å²) in [5.74, 6) is -1.71. The quantitative estimate of drug-likeness (QED) is 0.352. The summed E-state index contributed by atoms with van der Waals surface area (Å²) in [4.78, 5) is 38.9. The van der Waals surface area contributed by atoms with Crippen LogP contribution in [0, 0.1) is 5.82 Å². The number of fused-ring (bicyclic) bond motifs is 6. The highest BCUT2D eigenvalue weighted by atomic mass is 19.1. The van der Waals surface area contributed by atoms with E-state index in [9.17, 15) is 18.8 Å². The number of nitrogens with zero attached hydrogens (tertiary/aromatic N) is 1. The van der Waals surface area contributed by atoms with Crippen molar-refractivity contribution in [3.8, 4) is 22.8 Å². The molecule has 3 aromatic carbocycles. The van der Waals surface area contributed by atoms with Gasteiger partial charge in [0.2, 0.25) is 0 Å². The largest absolute Gasteiger partial charge is 0.462 e. The van der Waals surface area contributed by atoms with Crippen molar-refractivity contribution in [1.82, 2.24) is 4.57 Å². The molecule has 2 aliphatic rings. The van der Waals surface area contributed by atoms with Gasteiger partial charge in [-0.25, -0.2) is 18.5 Å². The van der Waals surface area contributed by atoms with Gasteiger partial charge in [-0.15, -0.1) is 0 Å². The SMILES string of the molecule is CCOC(=O)c1ccc(-n2c(=O)oc3c(c2=O)C2C=C(Oc4ccc(F)cc4)OC2c2ccccc2-3)cc1. The zero-order valence-electron chi connectivity index (χ0n) is 20.1. The fraction of sp³-hybridized carbons (Fsp3) is 0.138. The molecule has 0 spiro atoms. The number of ether oxygens (including phenoxy) is 3. The molecule has 2 heterocycles. The van der Waals surface area contributed by atoms with Crippen LogP contribution in [0.3, 0.4) is 0 Å². The zero-order chi connectivity index (χ0) is 26.4. The smallest absolute Gasteiger partial charge is 0.426 e. The summed E-state index contributed by atoms with van der Waals surface area (Å²) in [7, 11) is 0. The Balaban J connectivity index is 1.46. The Labute approximate surface area is 215 Å². The van der Waals surface area contributed by atoms with Gasteiger partial charge in [-0.1, -0.05) is 24.3 Å². The minimum atomic E-state index is -0.864. The van der Waals surface area contributed by atoms with E-state index in [-0.39, 0.29) is 35.1 Å². The summed E-state index contributed by atoms with van der Waals surface area (Å²) in [5, 5.41) is 0. The molecule has 0 saturated heterocycles. The van der Waals surface area contributed by atoms with Crippen molar-refractivity contribution >= 4 is 5.97 Å². The summed E-state index contributed by atoms with van der Waals surface area (Å²) in [6.45, 7) is 1.92. The molecule has 4 aromatic rings. The van der Waals surface area contributed by atoms with Gasteiger partial charge in [-0.3, -0.25) is 4.79 Å². The summed E-state index contributed by atoms with van der Waals surface area (Å²) in [6, 6.07) is 18.6. The molecule has 9 heteroatoms. The van der Waals surface area contributed by atoms with Crippen molar-refractivity contribution in [2.75, 3.05) is 6.61 Å². The molecule has 0 saturated carbocycles. The molecule has 0 fully saturated rings. The number of carbonyl (C=O) groups is 1. The minimum absolute atomic E-state index is 0.144. The summed E-state index contributed by atoms with van der Waals surface area (Å²) in [5.41, 5.74) is 1.49. The van der Waals surface area contributed by atoms with E-state index in [2.05, 4.69) is 0 Å². The molecule has 2 atom stereocenters. The molecule has 38 heavy (non-hydrogen) atoms. The molecular formula is C29H20FNO7. The third-order valence-corrected chi connectivity index (χ3v) is 6.45. The third kappa shape index (κ3) is 3.88. The standard InChI is InChI=1S/C29H20FNO7/c1-2-35-28(33)16-7-11-18(12-8-16)31-27(32)24-22-15-23(36-19-13-9-17(30)10-14-19)37-25(22)20-5-3-4-6-21(20)26(24)38-29(31)34/h3-15,22,25H,2H2,1H3. The predicted octanol–water partition coefficient (Wildman–Crippen LogP) is 4.86. The Bertz CT molecular complexity index is 1700. The molecule has 2 unspecified atom stereocenters. The second-order valence-electron chi connectivity index (χ2n) is 8.71. The van der Waals surface area contributed by atoms with E-state index in [0.29, 0.717) is 11.3 Å². The van der Waals surface area contributed by atoms with Gasteiger partial charge in [0.15, 0.2) is 0 Å². The number of hydrogen-bond donors (Lipinski definition) is 0. The van der Waals surface area contributed by atoms with Crippen LogP contribution in [0.4, 0.5) is 4.39 Å². The Morgan fingerprint density at radius 1 is 1.00 bits per heavy atom. The van der Waals surface area contributed by atoms with Crippen LogP contribution in [0.2, 0.25) is 0 Å². The molecule has 0 N–H and O–H groups in total.